The van der Waals surface area contributed by atoms with E-state index in [0.717, 1.165) is 59.9 Å². The molecule has 5 nitrogen and oxygen atoms in total. The number of hydrazine groups is 1. The fourth-order valence-electron chi connectivity index (χ4n) is 6.65. The Labute approximate surface area is 239 Å². The molecule has 41 heavy (non-hydrogen) atoms. The van der Waals surface area contributed by atoms with E-state index in [1.54, 1.807) is 0 Å². The molecule has 0 spiro atoms. The number of anilines is 2. The smallest absolute Gasteiger partial charge is 0.265 e. The van der Waals surface area contributed by atoms with Crippen LogP contribution < -0.4 is 16.2 Å². The summed E-state index contributed by atoms with van der Waals surface area (Å²) in [5, 5.41) is 8.02. The zero-order valence-electron chi connectivity index (χ0n) is 24.3. The number of nitrogens with zero attached hydrogens (tertiary/aromatic N) is 1. The number of hydrogen-bond acceptors (Lipinski definition) is 4. The van der Waals surface area contributed by atoms with E-state index in [0.29, 0.717) is 16.8 Å². The first-order valence-corrected chi connectivity index (χ1v) is 14.1. The van der Waals surface area contributed by atoms with Crippen LogP contribution in [0.25, 0.3) is 43.1 Å². The molecule has 0 fully saturated rings. The molecule has 0 unspecified atom stereocenters. The number of nitrogens with two attached hydrogens (primary N) is 1. The van der Waals surface area contributed by atoms with Gasteiger partial charge in [-0.2, -0.15) is 0 Å². The van der Waals surface area contributed by atoms with Crippen LogP contribution in [0, 0.1) is 0 Å². The molecule has 1 aliphatic heterocycles. The van der Waals surface area contributed by atoms with E-state index in [4.69, 9.17) is 5.84 Å². The lowest BCUT2D eigenvalue weighted by Crippen LogP contribution is -2.42. The molecule has 6 aromatic rings. The van der Waals surface area contributed by atoms with E-state index in [-0.39, 0.29) is 22.6 Å². The topological polar surface area (TPSA) is 75.4 Å². The molecular formula is C36H33N3O2. The maximum atomic E-state index is 14.4. The van der Waals surface area contributed by atoms with Gasteiger partial charge in [-0.25, -0.2) is 4.90 Å². The number of hydrogen-bond donors (Lipinski definition) is 2. The summed E-state index contributed by atoms with van der Waals surface area (Å²) >= 11 is 0. The van der Waals surface area contributed by atoms with Crippen molar-refractivity contribution >= 4 is 66.3 Å². The summed E-state index contributed by atoms with van der Waals surface area (Å²) in [6.45, 7) is 12.8. The minimum atomic E-state index is -0.283. The Kier molecular flexibility index (Phi) is 5.14. The van der Waals surface area contributed by atoms with Crippen molar-refractivity contribution in [3.05, 3.63) is 95.1 Å². The number of carbonyl (C=O) groups is 2. The van der Waals surface area contributed by atoms with Crippen molar-refractivity contribution in [3.8, 4) is 0 Å². The third-order valence-corrected chi connectivity index (χ3v) is 8.72. The van der Waals surface area contributed by atoms with Crippen LogP contribution in [0.2, 0.25) is 0 Å². The Balaban J connectivity index is 1.54. The monoisotopic (exact) mass is 539 g/mol. The van der Waals surface area contributed by atoms with Gasteiger partial charge in [0.2, 0.25) is 0 Å². The molecule has 0 saturated heterocycles. The average molecular weight is 540 g/mol. The first-order chi connectivity index (χ1) is 19.4. The zero-order chi connectivity index (χ0) is 29.0. The lowest BCUT2D eigenvalue weighted by molar-refractivity contribution is 0.0893. The summed E-state index contributed by atoms with van der Waals surface area (Å²) in [7, 11) is 0. The Morgan fingerprint density at radius 1 is 0.610 bits per heavy atom. The van der Waals surface area contributed by atoms with Gasteiger partial charge in [-0.15, -0.1) is 0 Å². The number of benzene rings is 6. The van der Waals surface area contributed by atoms with Gasteiger partial charge in [0.15, 0.2) is 0 Å². The molecule has 2 amide bonds. The number of nitrogen functional groups attached to an aromatic ring is 1. The Bertz CT molecular complexity index is 2020. The van der Waals surface area contributed by atoms with E-state index >= 15 is 0 Å². The van der Waals surface area contributed by atoms with Gasteiger partial charge in [-0.3, -0.25) is 15.4 Å². The van der Waals surface area contributed by atoms with Gasteiger partial charge in [0.1, 0.15) is 0 Å². The largest absolute Gasteiger partial charge is 0.324 e. The second-order valence-corrected chi connectivity index (χ2v) is 13.3. The summed E-state index contributed by atoms with van der Waals surface area (Å²) in [5.74, 6) is 5.28. The van der Waals surface area contributed by atoms with Gasteiger partial charge in [-0.1, -0.05) is 90.1 Å². The van der Waals surface area contributed by atoms with Crippen LogP contribution in [0.5, 0.6) is 0 Å². The summed E-state index contributed by atoms with van der Waals surface area (Å²) in [6.07, 6.45) is 0. The highest BCUT2D eigenvalue weighted by atomic mass is 16.2. The normalized spacial score (nSPS) is 14.3. The van der Waals surface area contributed by atoms with Crippen LogP contribution in [0.15, 0.2) is 72.8 Å². The molecular weight excluding hydrogens is 506 g/mol. The van der Waals surface area contributed by atoms with Crippen LogP contribution in [-0.2, 0) is 10.8 Å². The molecule has 3 N–H and O–H groups in total. The van der Waals surface area contributed by atoms with E-state index < -0.39 is 0 Å². The molecule has 7 rings (SSSR count). The van der Waals surface area contributed by atoms with Crippen LogP contribution in [0.1, 0.15) is 73.4 Å². The van der Waals surface area contributed by atoms with Crippen molar-refractivity contribution in [3.63, 3.8) is 0 Å². The minimum absolute atomic E-state index is 0.139. The molecule has 0 saturated carbocycles. The van der Waals surface area contributed by atoms with Crippen LogP contribution in [0.4, 0.5) is 11.4 Å². The van der Waals surface area contributed by atoms with Crippen LogP contribution >= 0.6 is 0 Å². The molecule has 6 aromatic carbocycles. The molecule has 1 heterocycles. The highest BCUT2D eigenvalue weighted by Crippen LogP contribution is 2.46. The van der Waals surface area contributed by atoms with Gasteiger partial charge in [-0.05, 0) is 78.5 Å². The van der Waals surface area contributed by atoms with Gasteiger partial charge < -0.3 is 5.43 Å². The SMILES string of the molecule is CC(C)(C)c1ccc(C(C)(C)C)c(N2C(=O)c3ccc4c5cccc6c(NN)ccc(c7ccc(c3c47)C2=O)c65)c1. The minimum Gasteiger partial charge on any atom is -0.324 e. The van der Waals surface area contributed by atoms with Gasteiger partial charge in [0.25, 0.3) is 11.8 Å². The lowest BCUT2D eigenvalue weighted by Gasteiger charge is -2.34. The average Bonchev–Trinajstić information content (AvgIpc) is 2.93. The van der Waals surface area contributed by atoms with E-state index in [1.165, 1.54) is 4.90 Å². The number of rotatable bonds is 2. The van der Waals surface area contributed by atoms with E-state index in [2.05, 4.69) is 77.3 Å². The molecule has 0 radical (unpaired) electrons. The Morgan fingerprint density at radius 3 is 1.76 bits per heavy atom. The number of amides is 2. The third-order valence-electron chi connectivity index (χ3n) is 8.72. The van der Waals surface area contributed by atoms with E-state index in [1.807, 2.05) is 42.5 Å². The van der Waals surface area contributed by atoms with Crippen molar-refractivity contribution in [1.29, 1.82) is 0 Å². The molecule has 204 valence electrons. The summed E-state index contributed by atoms with van der Waals surface area (Å²) in [5.41, 5.74) is 7.08. The summed E-state index contributed by atoms with van der Waals surface area (Å²) in [4.78, 5) is 30.2. The summed E-state index contributed by atoms with van der Waals surface area (Å²) < 4.78 is 0. The van der Waals surface area contributed by atoms with Gasteiger partial charge in [0, 0.05) is 21.9 Å². The number of carbonyl (C=O) groups excluding carboxylic acids is 2. The number of nitrogens with one attached hydrogen (secondary N) is 1. The molecule has 0 atom stereocenters. The Morgan fingerprint density at radius 2 is 1.17 bits per heavy atom. The van der Waals surface area contributed by atoms with Crippen molar-refractivity contribution in [2.45, 2.75) is 52.4 Å². The fraction of sp³-hybridized carbons (Fsp3) is 0.222. The van der Waals surface area contributed by atoms with Crippen molar-refractivity contribution in [2.75, 3.05) is 10.3 Å². The van der Waals surface area contributed by atoms with Crippen molar-refractivity contribution in [2.24, 2.45) is 5.84 Å². The molecule has 0 aromatic heterocycles. The lowest BCUT2D eigenvalue weighted by atomic mass is 9.80. The van der Waals surface area contributed by atoms with E-state index in [9.17, 15) is 9.59 Å². The molecule has 1 aliphatic rings. The third kappa shape index (κ3) is 3.45. The van der Waals surface area contributed by atoms with Crippen LogP contribution in [0.3, 0.4) is 0 Å². The van der Waals surface area contributed by atoms with Gasteiger partial charge >= 0.3 is 0 Å². The first kappa shape index (κ1) is 25.5. The second-order valence-electron chi connectivity index (χ2n) is 13.3. The van der Waals surface area contributed by atoms with Crippen LogP contribution in [-0.4, -0.2) is 11.8 Å². The van der Waals surface area contributed by atoms with Crippen molar-refractivity contribution in [1.82, 2.24) is 0 Å². The molecule has 0 aliphatic carbocycles. The molecule has 5 heteroatoms. The fourth-order valence-corrected chi connectivity index (χ4v) is 6.65. The predicted molar refractivity (Wildman–Crippen MR) is 170 cm³/mol. The highest BCUT2D eigenvalue weighted by Gasteiger charge is 2.38. The maximum absolute atomic E-state index is 14.4. The summed E-state index contributed by atoms with van der Waals surface area (Å²) in [6, 6.07) is 24.3. The second kappa shape index (κ2) is 8.27. The number of fused-ring (bicyclic) bond motifs is 2. The number of imide groups is 1. The maximum Gasteiger partial charge on any atom is 0.265 e. The molecule has 0 bridgehead atoms. The highest BCUT2D eigenvalue weighted by molar-refractivity contribution is 6.42. The van der Waals surface area contributed by atoms with Crippen molar-refractivity contribution < 1.29 is 9.59 Å². The van der Waals surface area contributed by atoms with Gasteiger partial charge in [0.05, 0.1) is 11.4 Å². The first-order valence-electron chi connectivity index (χ1n) is 14.1. The predicted octanol–water partition coefficient (Wildman–Crippen LogP) is 8.42. The zero-order valence-corrected chi connectivity index (χ0v) is 24.3. The standard InChI is InChI=1S/C36H33N3O2/c1-35(2,3)19-10-16-27(36(4,5)6)29(18-19)39-33(40)25-13-11-22-20-8-7-9-24-28(38-37)17-15-21(30(20)24)23-12-14-26(34(39)41)32(25)31(22)23/h7-18,38H,37H2,1-6H3. The Hall–Kier alpha value is -4.48. The quantitative estimate of drug-likeness (QED) is 0.0761.